The second-order valence-corrected chi connectivity index (χ2v) is 7.92. The van der Waals surface area contributed by atoms with Crippen LogP contribution < -0.4 is 0 Å². The van der Waals surface area contributed by atoms with Crippen LogP contribution in [0.3, 0.4) is 0 Å². The Balaban J connectivity index is 1.71. The van der Waals surface area contributed by atoms with E-state index in [0.717, 1.165) is 4.90 Å². The van der Waals surface area contributed by atoms with Gasteiger partial charge >= 0.3 is 12.4 Å². The van der Waals surface area contributed by atoms with Crippen LogP contribution in [0.1, 0.15) is 30.0 Å². The van der Waals surface area contributed by atoms with Gasteiger partial charge in [0.2, 0.25) is 17.7 Å². The number of hydrogen-bond donors (Lipinski definition) is 0. The number of nitrogens with zero attached hydrogens (tertiary/aromatic N) is 3. The molecule has 1 unspecified atom stereocenters. The molecule has 12 heteroatoms. The van der Waals surface area contributed by atoms with E-state index in [9.17, 15) is 40.7 Å². The Morgan fingerprint density at radius 2 is 1.41 bits per heavy atom. The van der Waals surface area contributed by atoms with Crippen LogP contribution in [0.4, 0.5) is 26.3 Å². The molecule has 6 nitrogen and oxygen atoms in total. The molecule has 176 valence electrons. The normalized spacial score (nSPS) is 20.2. The van der Waals surface area contributed by atoms with Gasteiger partial charge in [-0.1, -0.05) is 0 Å². The SMILES string of the molecule is CC(=O)N1CCN(C(=O)C2CC(=O)N(Cc3cc(C(F)(F)F)cc(C(F)(F)F)c3)C2)CC1. The standard InChI is InChI=1S/C20H21F6N3O3/c1-12(30)27-2-4-28(5-3-27)18(32)14-8-17(31)29(11-14)10-13-6-15(19(21,22)23)9-16(7-13)20(24,25)26/h6-7,9,14H,2-5,8,10-11H2,1H3. The number of piperazine rings is 1. The summed E-state index contributed by atoms with van der Waals surface area (Å²) < 4.78 is 78.3. The number of rotatable bonds is 3. The molecule has 0 radical (unpaired) electrons. The summed E-state index contributed by atoms with van der Waals surface area (Å²) in [6.07, 6.45) is -10.1. The summed E-state index contributed by atoms with van der Waals surface area (Å²) >= 11 is 0. The average molecular weight is 465 g/mol. The minimum absolute atomic E-state index is 0.0301. The van der Waals surface area contributed by atoms with Crippen molar-refractivity contribution >= 4 is 17.7 Å². The number of benzene rings is 1. The van der Waals surface area contributed by atoms with Crippen molar-refractivity contribution in [3.8, 4) is 0 Å². The van der Waals surface area contributed by atoms with E-state index in [1.807, 2.05) is 0 Å². The topological polar surface area (TPSA) is 60.9 Å². The van der Waals surface area contributed by atoms with E-state index in [1.165, 1.54) is 11.8 Å². The van der Waals surface area contributed by atoms with Crippen molar-refractivity contribution in [1.82, 2.24) is 14.7 Å². The summed E-state index contributed by atoms with van der Waals surface area (Å²) in [5, 5.41) is 0. The number of hydrogen-bond acceptors (Lipinski definition) is 3. The fourth-order valence-electron chi connectivity index (χ4n) is 3.92. The Bertz CT molecular complexity index is 875. The molecule has 0 aromatic heterocycles. The summed E-state index contributed by atoms with van der Waals surface area (Å²) in [4.78, 5) is 40.7. The van der Waals surface area contributed by atoms with Crippen molar-refractivity contribution in [2.24, 2.45) is 5.92 Å². The van der Waals surface area contributed by atoms with E-state index in [-0.39, 0.29) is 36.4 Å². The minimum atomic E-state index is -4.98. The first-order valence-electron chi connectivity index (χ1n) is 9.86. The first-order chi connectivity index (χ1) is 14.8. The molecule has 2 saturated heterocycles. The summed E-state index contributed by atoms with van der Waals surface area (Å²) in [5.41, 5.74) is -3.22. The third kappa shape index (κ3) is 5.33. The molecule has 0 saturated carbocycles. The second-order valence-electron chi connectivity index (χ2n) is 7.92. The molecule has 0 bridgehead atoms. The van der Waals surface area contributed by atoms with Crippen molar-refractivity contribution < 1.29 is 40.7 Å². The smallest absolute Gasteiger partial charge is 0.339 e. The Hall–Kier alpha value is -2.79. The van der Waals surface area contributed by atoms with Crippen molar-refractivity contribution in [3.05, 3.63) is 34.9 Å². The molecule has 2 aliphatic heterocycles. The van der Waals surface area contributed by atoms with Crippen molar-refractivity contribution in [2.45, 2.75) is 32.2 Å². The Morgan fingerprint density at radius 1 is 0.906 bits per heavy atom. The van der Waals surface area contributed by atoms with Crippen LogP contribution in [0.15, 0.2) is 18.2 Å². The van der Waals surface area contributed by atoms with E-state index in [0.29, 0.717) is 38.3 Å². The van der Waals surface area contributed by atoms with Crippen molar-refractivity contribution in [2.75, 3.05) is 32.7 Å². The largest absolute Gasteiger partial charge is 0.416 e. The monoisotopic (exact) mass is 465 g/mol. The Morgan fingerprint density at radius 3 is 1.88 bits per heavy atom. The van der Waals surface area contributed by atoms with E-state index < -0.39 is 41.8 Å². The van der Waals surface area contributed by atoms with Gasteiger partial charge in [-0.15, -0.1) is 0 Å². The number of halogens is 6. The molecule has 1 aromatic rings. The summed E-state index contributed by atoms with van der Waals surface area (Å²) in [6, 6.07) is 1.19. The van der Waals surface area contributed by atoms with Gasteiger partial charge in [0, 0.05) is 52.6 Å². The van der Waals surface area contributed by atoms with Gasteiger partial charge in [-0.2, -0.15) is 26.3 Å². The fraction of sp³-hybridized carbons (Fsp3) is 0.550. The van der Waals surface area contributed by atoms with Crippen molar-refractivity contribution in [1.29, 1.82) is 0 Å². The summed E-state index contributed by atoms with van der Waals surface area (Å²) in [6.45, 7) is 2.17. The van der Waals surface area contributed by atoms with Crippen LogP contribution >= 0.6 is 0 Å². The van der Waals surface area contributed by atoms with Crippen LogP contribution in [0.25, 0.3) is 0 Å². The zero-order valence-corrected chi connectivity index (χ0v) is 17.1. The third-order valence-corrected chi connectivity index (χ3v) is 5.62. The molecule has 2 heterocycles. The second kappa shape index (κ2) is 8.62. The summed E-state index contributed by atoms with van der Waals surface area (Å²) in [7, 11) is 0. The van der Waals surface area contributed by atoms with E-state index >= 15 is 0 Å². The molecule has 1 atom stereocenters. The molecule has 3 amide bonds. The zero-order chi connectivity index (χ0) is 23.8. The maximum absolute atomic E-state index is 13.1. The number of carbonyl (C=O) groups excluding carboxylic acids is 3. The molecule has 0 N–H and O–H groups in total. The lowest BCUT2D eigenvalue weighted by Gasteiger charge is -2.35. The van der Waals surface area contributed by atoms with Gasteiger partial charge in [-0.25, -0.2) is 0 Å². The molecular formula is C20H21F6N3O3. The maximum Gasteiger partial charge on any atom is 0.416 e. The van der Waals surface area contributed by atoms with Crippen LogP contribution in [-0.2, 0) is 33.3 Å². The first-order valence-corrected chi connectivity index (χ1v) is 9.86. The van der Waals surface area contributed by atoms with Gasteiger partial charge in [0.15, 0.2) is 0 Å². The number of amides is 3. The molecule has 0 spiro atoms. The van der Waals surface area contributed by atoms with Gasteiger partial charge in [0.1, 0.15) is 0 Å². The van der Waals surface area contributed by atoms with Crippen LogP contribution in [0.5, 0.6) is 0 Å². The lowest BCUT2D eigenvalue weighted by Crippen LogP contribution is -2.51. The predicted molar refractivity (Wildman–Crippen MR) is 98.8 cm³/mol. The highest BCUT2D eigenvalue weighted by Gasteiger charge is 2.39. The van der Waals surface area contributed by atoms with E-state index in [4.69, 9.17) is 0 Å². The highest BCUT2D eigenvalue weighted by molar-refractivity contribution is 5.89. The lowest BCUT2D eigenvalue weighted by molar-refractivity contribution is -0.143. The zero-order valence-electron chi connectivity index (χ0n) is 17.1. The fourth-order valence-corrected chi connectivity index (χ4v) is 3.92. The van der Waals surface area contributed by atoms with Crippen LogP contribution in [0.2, 0.25) is 0 Å². The molecule has 2 fully saturated rings. The van der Waals surface area contributed by atoms with Crippen molar-refractivity contribution in [3.63, 3.8) is 0 Å². The highest BCUT2D eigenvalue weighted by Crippen LogP contribution is 2.37. The molecule has 2 aliphatic rings. The highest BCUT2D eigenvalue weighted by atomic mass is 19.4. The average Bonchev–Trinajstić information content (AvgIpc) is 3.06. The van der Waals surface area contributed by atoms with Crippen LogP contribution in [-0.4, -0.2) is 65.1 Å². The van der Waals surface area contributed by atoms with Crippen LogP contribution in [0, 0.1) is 5.92 Å². The number of alkyl halides is 6. The lowest BCUT2D eigenvalue weighted by atomic mass is 10.0. The molecule has 1 aromatic carbocycles. The molecular weight excluding hydrogens is 444 g/mol. The van der Waals surface area contributed by atoms with Gasteiger partial charge in [0.05, 0.1) is 17.0 Å². The van der Waals surface area contributed by atoms with Gasteiger partial charge in [-0.3, -0.25) is 14.4 Å². The first kappa shape index (κ1) is 23.9. The minimum Gasteiger partial charge on any atom is -0.339 e. The quantitative estimate of drug-likeness (QED) is 0.646. The Labute approximate surface area is 179 Å². The molecule has 32 heavy (non-hydrogen) atoms. The van der Waals surface area contributed by atoms with Gasteiger partial charge in [0.25, 0.3) is 0 Å². The maximum atomic E-state index is 13.1. The van der Waals surface area contributed by atoms with Gasteiger partial charge < -0.3 is 14.7 Å². The number of carbonyl (C=O) groups is 3. The predicted octanol–water partition coefficient (Wildman–Crippen LogP) is 2.76. The molecule has 0 aliphatic carbocycles. The van der Waals surface area contributed by atoms with E-state index in [2.05, 4.69) is 0 Å². The summed E-state index contributed by atoms with van der Waals surface area (Å²) in [5.74, 6) is -1.68. The third-order valence-electron chi connectivity index (χ3n) is 5.62. The Kier molecular flexibility index (Phi) is 6.43. The molecule has 3 rings (SSSR count). The van der Waals surface area contributed by atoms with E-state index in [1.54, 1.807) is 4.90 Å². The van der Waals surface area contributed by atoms with Gasteiger partial charge in [-0.05, 0) is 23.8 Å². The number of likely N-dealkylation sites (tertiary alicyclic amines) is 1.